The molecule has 0 spiro atoms. The molecular formula is C30H62BrN. The second-order valence-corrected chi connectivity index (χ2v) is 10.2. The van der Waals surface area contributed by atoms with Gasteiger partial charge in [-0.2, -0.15) is 0 Å². The first-order valence-electron chi connectivity index (χ1n) is 14.7. The molecular weight excluding hydrogens is 454 g/mol. The van der Waals surface area contributed by atoms with E-state index in [9.17, 15) is 0 Å². The maximum absolute atomic E-state index is 2.45. The number of halogens is 1. The zero-order valence-corrected chi connectivity index (χ0v) is 24.5. The zero-order chi connectivity index (χ0) is 22.9. The van der Waals surface area contributed by atoms with Crippen LogP contribution in [0.4, 0.5) is 0 Å². The third-order valence-electron chi connectivity index (χ3n) is 7.10. The molecule has 0 radical (unpaired) electrons. The Morgan fingerprint density at radius 1 is 0.375 bits per heavy atom. The Morgan fingerprint density at radius 2 is 0.688 bits per heavy atom. The highest BCUT2D eigenvalue weighted by molar-refractivity contribution is 4.81. The highest BCUT2D eigenvalue weighted by Crippen LogP contribution is 2.18. The number of nitrogens with zero attached hydrogens (tertiary/aromatic N) is 1. The van der Waals surface area contributed by atoms with Gasteiger partial charge in [-0.3, -0.25) is 0 Å². The highest BCUT2D eigenvalue weighted by Gasteiger charge is 2.24. The second-order valence-electron chi connectivity index (χ2n) is 10.2. The van der Waals surface area contributed by atoms with E-state index in [1.165, 1.54) is 159 Å². The van der Waals surface area contributed by atoms with E-state index in [2.05, 4.69) is 39.8 Å². The number of unbranched alkanes of at least 4 members (excludes halogenated alkanes) is 15. The molecule has 0 unspecified atom stereocenters. The van der Waals surface area contributed by atoms with Crippen LogP contribution >= 0.6 is 0 Å². The molecule has 194 valence electrons. The molecule has 0 saturated carbocycles. The molecule has 0 heterocycles. The van der Waals surface area contributed by atoms with Crippen LogP contribution in [0.15, 0.2) is 12.2 Å². The van der Waals surface area contributed by atoms with Crippen LogP contribution in [0.25, 0.3) is 0 Å². The smallest absolute Gasteiger partial charge is 0.0786 e. The Hall–Kier alpha value is 0.180. The van der Waals surface area contributed by atoms with Crippen molar-refractivity contribution in [3.05, 3.63) is 12.2 Å². The first-order chi connectivity index (χ1) is 15.2. The molecule has 0 N–H and O–H groups in total. The summed E-state index contributed by atoms with van der Waals surface area (Å²) in [4.78, 5) is 0. The van der Waals surface area contributed by atoms with E-state index in [1.54, 1.807) is 0 Å². The van der Waals surface area contributed by atoms with Gasteiger partial charge < -0.3 is 21.5 Å². The molecule has 0 saturated heterocycles. The Balaban J connectivity index is 0. The monoisotopic (exact) mass is 515 g/mol. The van der Waals surface area contributed by atoms with Crippen molar-refractivity contribution in [3.63, 3.8) is 0 Å². The summed E-state index contributed by atoms with van der Waals surface area (Å²) in [6.45, 7) is 15.1. The van der Waals surface area contributed by atoms with Gasteiger partial charge in [0.05, 0.1) is 26.2 Å². The lowest BCUT2D eigenvalue weighted by Gasteiger charge is -2.39. The third-order valence-corrected chi connectivity index (χ3v) is 7.10. The quantitative estimate of drug-likeness (QED) is 0.0681. The number of quaternary nitrogens is 1. The average Bonchev–Trinajstić information content (AvgIpc) is 2.79. The van der Waals surface area contributed by atoms with Gasteiger partial charge in [-0.15, -0.1) is 0 Å². The molecule has 2 heteroatoms. The summed E-state index contributed by atoms with van der Waals surface area (Å²) in [6, 6.07) is 0. The average molecular weight is 517 g/mol. The number of hydrogen-bond acceptors (Lipinski definition) is 0. The maximum atomic E-state index is 2.45. The van der Waals surface area contributed by atoms with Crippen molar-refractivity contribution in [2.75, 3.05) is 26.2 Å². The summed E-state index contributed by atoms with van der Waals surface area (Å²) in [6.07, 6.45) is 33.0. The Labute approximate surface area is 215 Å². The van der Waals surface area contributed by atoms with E-state index in [1.807, 2.05) is 0 Å². The van der Waals surface area contributed by atoms with Gasteiger partial charge in [-0.1, -0.05) is 110 Å². The SMILES string of the molecule is CCCCCCCCC=CCCCCCCCC[N+](CCCC)(CCCC)CCCC.[Br-]. The van der Waals surface area contributed by atoms with Crippen molar-refractivity contribution in [1.29, 1.82) is 0 Å². The van der Waals surface area contributed by atoms with Crippen molar-refractivity contribution in [3.8, 4) is 0 Å². The number of hydrogen-bond donors (Lipinski definition) is 0. The van der Waals surface area contributed by atoms with Crippen molar-refractivity contribution in [1.82, 2.24) is 0 Å². The first-order valence-corrected chi connectivity index (χ1v) is 14.7. The van der Waals surface area contributed by atoms with Crippen LogP contribution in [0, 0.1) is 0 Å². The number of rotatable bonds is 25. The lowest BCUT2D eigenvalue weighted by molar-refractivity contribution is -0.929. The van der Waals surface area contributed by atoms with E-state index < -0.39 is 0 Å². The molecule has 0 aliphatic heterocycles. The highest BCUT2D eigenvalue weighted by atomic mass is 79.9. The van der Waals surface area contributed by atoms with Gasteiger partial charge in [0.2, 0.25) is 0 Å². The van der Waals surface area contributed by atoms with Gasteiger partial charge in [0.1, 0.15) is 0 Å². The largest absolute Gasteiger partial charge is 1.00 e. The summed E-state index contributed by atoms with van der Waals surface area (Å²) in [7, 11) is 0. The van der Waals surface area contributed by atoms with Crippen LogP contribution in [-0.2, 0) is 0 Å². The second kappa shape index (κ2) is 27.4. The Bertz CT molecular complexity index is 344. The molecule has 0 atom stereocenters. The Kier molecular flexibility index (Phi) is 29.4. The molecule has 0 aromatic carbocycles. The van der Waals surface area contributed by atoms with Crippen LogP contribution < -0.4 is 17.0 Å². The predicted octanol–water partition coefficient (Wildman–Crippen LogP) is 7.25. The zero-order valence-electron chi connectivity index (χ0n) is 23.0. The van der Waals surface area contributed by atoms with Crippen molar-refractivity contribution >= 4 is 0 Å². The molecule has 0 fully saturated rings. The van der Waals surface area contributed by atoms with E-state index in [0.717, 1.165) is 0 Å². The normalized spacial score (nSPS) is 11.9. The summed E-state index contributed by atoms with van der Waals surface area (Å²) in [5, 5.41) is 0. The van der Waals surface area contributed by atoms with Gasteiger partial charge in [-0.25, -0.2) is 0 Å². The predicted molar refractivity (Wildman–Crippen MR) is 144 cm³/mol. The van der Waals surface area contributed by atoms with Crippen molar-refractivity contribution < 1.29 is 21.5 Å². The van der Waals surface area contributed by atoms with Crippen molar-refractivity contribution in [2.24, 2.45) is 0 Å². The van der Waals surface area contributed by atoms with E-state index in [4.69, 9.17) is 0 Å². The summed E-state index contributed by atoms with van der Waals surface area (Å²) in [5.74, 6) is 0. The molecule has 0 amide bonds. The summed E-state index contributed by atoms with van der Waals surface area (Å²) < 4.78 is 1.43. The van der Waals surface area contributed by atoms with Crippen LogP contribution in [0.5, 0.6) is 0 Å². The first kappa shape index (κ1) is 34.3. The number of allylic oxidation sites excluding steroid dienone is 2. The standard InChI is InChI=1S/C30H62N.BrH/c1-5-9-13-14-15-16-17-18-19-20-21-22-23-24-25-26-30-31(27-10-6-2,28-11-7-3)29-12-8-4;/h18-19H,5-17,20-30H2,1-4H3;1H/q+1;/p-1. The van der Waals surface area contributed by atoms with Gasteiger partial charge >= 0.3 is 0 Å². The minimum Gasteiger partial charge on any atom is -1.00 e. The molecule has 0 aliphatic carbocycles. The molecule has 0 rings (SSSR count). The van der Waals surface area contributed by atoms with Crippen LogP contribution in [0.1, 0.15) is 156 Å². The summed E-state index contributed by atoms with van der Waals surface area (Å²) in [5.41, 5.74) is 0. The van der Waals surface area contributed by atoms with E-state index in [-0.39, 0.29) is 17.0 Å². The van der Waals surface area contributed by atoms with Gasteiger partial charge in [0.15, 0.2) is 0 Å². The fourth-order valence-corrected chi connectivity index (χ4v) is 4.85. The van der Waals surface area contributed by atoms with E-state index >= 15 is 0 Å². The van der Waals surface area contributed by atoms with Crippen LogP contribution in [0.2, 0.25) is 0 Å². The fourth-order valence-electron chi connectivity index (χ4n) is 4.85. The lowest BCUT2D eigenvalue weighted by Crippen LogP contribution is -3.00. The molecule has 32 heavy (non-hydrogen) atoms. The van der Waals surface area contributed by atoms with Gasteiger partial charge in [0.25, 0.3) is 0 Å². The topological polar surface area (TPSA) is 0 Å². The maximum Gasteiger partial charge on any atom is 0.0786 e. The lowest BCUT2D eigenvalue weighted by atomic mass is 10.1. The molecule has 0 aromatic heterocycles. The van der Waals surface area contributed by atoms with Gasteiger partial charge in [0, 0.05) is 0 Å². The van der Waals surface area contributed by atoms with Crippen LogP contribution in [0.3, 0.4) is 0 Å². The minimum absolute atomic E-state index is 0. The molecule has 0 bridgehead atoms. The van der Waals surface area contributed by atoms with Crippen LogP contribution in [-0.4, -0.2) is 30.7 Å². The third kappa shape index (κ3) is 22.0. The minimum atomic E-state index is 0. The molecule has 0 aliphatic rings. The van der Waals surface area contributed by atoms with Crippen molar-refractivity contribution in [2.45, 2.75) is 156 Å². The van der Waals surface area contributed by atoms with Gasteiger partial charge in [-0.05, 0) is 57.8 Å². The molecule has 1 nitrogen and oxygen atoms in total. The Morgan fingerprint density at radius 3 is 1.09 bits per heavy atom. The van der Waals surface area contributed by atoms with E-state index in [0.29, 0.717) is 0 Å². The fraction of sp³-hybridized carbons (Fsp3) is 0.933. The summed E-state index contributed by atoms with van der Waals surface area (Å²) >= 11 is 0. The molecule has 0 aromatic rings.